The van der Waals surface area contributed by atoms with Gasteiger partial charge >= 0.3 is 0 Å². The van der Waals surface area contributed by atoms with E-state index in [0.717, 1.165) is 23.6 Å². The van der Waals surface area contributed by atoms with Gasteiger partial charge in [0.2, 0.25) is 5.95 Å². The summed E-state index contributed by atoms with van der Waals surface area (Å²) in [5.41, 5.74) is 0.667. The van der Waals surface area contributed by atoms with Gasteiger partial charge in [-0.1, -0.05) is 13.3 Å². The van der Waals surface area contributed by atoms with E-state index in [-0.39, 0.29) is 5.56 Å². The molecule has 0 saturated carbocycles. The van der Waals surface area contributed by atoms with Gasteiger partial charge in [0, 0.05) is 25.0 Å². The maximum absolute atomic E-state index is 11.5. The third-order valence-corrected chi connectivity index (χ3v) is 3.16. The summed E-state index contributed by atoms with van der Waals surface area (Å²) in [5.74, 6) is 0.539. The molecule has 0 radical (unpaired) electrons. The predicted molar refractivity (Wildman–Crippen MR) is 74.6 cm³/mol. The van der Waals surface area contributed by atoms with Crippen LogP contribution in [0.4, 0.5) is 5.95 Å². The van der Waals surface area contributed by atoms with E-state index in [4.69, 9.17) is 0 Å². The molecule has 0 amide bonds. The van der Waals surface area contributed by atoms with Gasteiger partial charge in [-0.2, -0.15) is 0 Å². The molecule has 0 aliphatic carbocycles. The van der Waals surface area contributed by atoms with Crippen LogP contribution in [-0.2, 0) is 6.42 Å². The third-order valence-electron chi connectivity index (χ3n) is 2.33. The Balaban J connectivity index is 2.24. The molecule has 19 heavy (non-hydrogen) atoms. The number of hydrogen-bond donors (Lipinski definition) is 2. The van der Waals surface area contributed by atoms with Gasteiger partial charge in [-0.3, -0.25) is 4.79 Å². The van der Waals surface area contributed by atoms with Gasteiger partial charge in [-0.15, -0.1) is 0 Å². The molecule has 0 aromatic carbocycles. The van der Waals surface area contributed by atoms with Crippen LogP contribution in [0.25, 0.3) is 0 Å². The Kier molecular flexibility index (Phi) is 4.51. The zero-order valence-corrected chi connectivity index (χ0v) is 11.6. The summed E-state index contributed by atoms with van der Waals surface area (Å²) in [4.78, 5) is 27.0. The van der Waals surface area contributed by atoms with E-state index in [0.29, 0.717) is 11.1 Å². The van der Waals surface area contributed by atoms with Crippen molar-refractivity contribution in [3.8, 4) is 0 Å². The van der Waals surface area contributed by atoms with Crippen LogP contribution in [0.2, 0.25) is 0 Å². The summed E-state index contributed by atoms with van der Waals surface area (Å²) < 4.78 is 0. The summed E-state index contributed by atoms with van der Waals surface area (Å²) in [6, 6.07) is 3.31. The highest BCUT2D eigenvalue weighted by molar-refractivity contribution is 7.99. The van der Waals surface area contributed by atoms with Gasteiger partial charge < -0.3 is 10.3 Å². The summed E-state index contributed by atoms with van der Waals surface area (Å²) in [7, 11) is 1.76. The standard InChI is InChI=1S/C12H15N5OS/c1-3-4-8-7-9(18)16-12(15-8)19-10-5-6-14-11(13-2)17-10/h5-7H,3-4H2,1-2H3,(H,13,14,17)(H,15,16,18). The predicted octanol–water partition coefficient (Wildman–Crippen LogP) is 1.71. The highest BCUT2D eigenvalue weighted by Crippen LogP contribution is 2.22. The molecule has 6 nitrogen and oxygen atoms in total. The number of hydrogen-bond acceptors (Lipinski definition) is 6. The topological polar surface area (TPSA) is 83.6 Å². The van der Waals surface area contributed by atoms with E-state index < -0.39 is 0 Å². The second kappa shape index (κ2) is 6.33. The van der Waals surface area contributed by atoms with Crippen LogP contribution in [-0.4, -0.2) is 27.0 Å². The zero-order chi connectivity index (χ0) is 13.7. The second-order valence-corrected chi connectivity index (χ2v) is 4.87. The molecule has 2 aromatic heterocycles. The molecule has 2 N–H and O–H groups in total. The van der Waals surface area contributed by atoms with Crippen molar-refractivity contribution in [2.75, 3.05) is 12.4 Å². The van der Waals surface area contributed by atoms with Crippen LogP contribution in [0, 0.1) is 0 Å². The molecule has 0 spiro atoms. The summed E-state index contributed by atoms with van der Waals surface area (Å²) >= 11 is 1.31. The minimum atomic E-state index is -0.135. The Labute approximate surface area is 115 Å². The minimum Gasteiger partial charge on any atom is -0.357 e. The van der Waals surface area contributed by atoms with Gasteiger partial charge in [0.1, 0.15) is 5.03 Å². The highest BCUT2D eigenvalue weighted by atomic mass is 32.2. The van der Waals surface area contributed by atoms with Gasteiger partial charge in [-0.05, 0) is 24.2 Å². The fraction of sp³-hybridized carbons (Fsp3) is 0.333. The molecule has 0 aliphatic rings. The number of nitrogens with zero attached hydrogens (tertiary/aromatic N) is 3. The van der Waals surface area contributed by atoms with Crippen molar-refractivity contribution in [1.29, 1.82) is 0 Å². The normalized spacial score (nSPS) is 10.4. The first kappa shape index (κ1) is 13.5. The first-order chi connectivity index (χ1) is 9.21. The molecule has 0 fully saturated rings. The highest BCUT2D eigenvalue weighted by Gasteiger charge is 2.05. The Morgan fingerprint density at radius 2 is 2.26 bits per heavy atom. The molecule has 0 atom stereocenters. The van der Waals surface area contributed by atoms with Crippen LogP contribution >= 0.6 is 11.8 Å². The average Bonchev–Trinajstić information content (AvgIpc) is 2.38. The summed E-state index contributed by atoms with van der Waals surface area (Å²) in [6.07, 6.45) is 3.41. The van der Waals surface area contributed by atoms with E-state index >= 15 is 0 Å². The van der Waals surface area contributed by atoms with E-state index in [2.05, 4.69) is 32.2 Å². The largest absolute Gasteiger partial charge is 0.357 e. The van der Waals surface area contributed by atoms with Crippen LogP contribution in [0.5, 0.6) is 0 Å². The lowest BCUT2D eigenvalue weighted by molar-refractivity contribution is 0.815. The van der Waals surface area contributed by atoms with Gasteiger partial charge in [0.15, 0.2) is 5.16 Å². The third kappa shape index (κ3) is 3.78. The fourth-order valence-corrected chi connectivity index (χ4v) is 2.31. The Morgan fingerprint density at radius 1 is 1.42 bits per heavy atom. The van der Waals surface area contributed by atoms with Crippen LogP contribution < -0.4 is 10.9 Å². The first-order valence-electron chi connectivity index (χ1n) is 6.00. The van der Waals surface area contributed by atoms with Crippen molar-refractivity contribution >= 4 is 17.7 Å². The lowest BCUT2D eigenvalue weighted by atomic mass is 10.2. The first-order valence-corrected chi connectivity index (χ1v) is 6.82. The maximum atomic E-state index is 11.5. The molecule has 0 saturated heterocycles. The molecule has 7 heteroatoms. The van der Waals surface area contributed by atoms with Gasteiger partial charge in [0.25, 0.3) is 5.56 Å². The van der Waals surface area contributed by atoms with Gasteiger partial charge in [0.05, 0.1) is 0 Å². The number of anilines is 1. The Bertz CT molecular complexity index is 613. The van der Waals surface area contributed by atoms with Crippen molar-refractivity contribution in [3.05, 3.63) is 34.4 Å². The van der Waals surface area contributed by atoms with Crippen LogP contribution in [0.3, 0.4) is 0 Å². The second-order valence-electron chi connectivity index (χ2n) is 3.86. The van der Waals surface area contributed by atoms with Gasteiger partial charge in [-0.25, -0.2) is 15.0 Å². The molecular weight excluding hydrogens is 262 g/mol. The average molecular weight is 277 g/mol. The van der Waals surface area contributed by atoms with E-state index in [1.807, 2.05) is 0 Å². The summed E-state index contributed by atoms with van der Waals surface area (Å²) in [6.45, 7) is 2.05. The number of aromatic amines is 1. The van der Waals surface area contributed by atoms with Crippen molar-refractivity contribution in [2.45, 2.75) is 29.9 Å². The molecular formula is C12H15N5OS. The fourth-order valence-electron chi connectivity index (χ4n) is 1.53. The smallest absolute Gasteiger partial charge is 0.251 e. The Morgan fingerprint density at radius 3 is 3.00 bits per heavy atom. The number of nitrogens with one attached hydrogen (secondary N) is 2. The molecule has 0 aliphatic heterocycles. The van der Waals surface area contributed by atoms with Crippen molar-refractivity contribution in [3.63, 3.8) is 0 Å². The number of aryl methyl sites for hydroxylation is 1. The number of H-pyrrole nitrogens is 1. The Hall–Kier alpha value is -1.89. The molecule has 2 aromatic rings. The lowest BCUT2D eigenvalue weighted by Crippen LogP contribution is -2.10. The van der Waals surface area contributed by atoms with Crippen molar-refractivity contribution in [1.82, 2.24) is 19.9 Å². The van der Waals surface area contributed by atoms with Crippen molar-refractivity contribution < 1.29 is 0 Å². The summed E-state index contributed by atoms with van der Waals surface area (Å²) in [5, 5.41) is 4.15. The van der Waals surface area contributed by atoms with Crippen LogP contribution in [0.15, 0.2) is 33.3 Å². The number of aromatic nitrogens is 4. The zero-order valence-electron chi connectivity index (χ0n) is 10.8. The molecule has 2 rings (SSSR count). The number of rotatable bonds is 5. The van der Waals surface area contributed by atoms with E-state index in [1.165, 1.54) is 17.8 Å². The quantitative estimate of drug-likeness (QED) is 0.639. The maximum Gasteiger partial charge on any atom is 0.251 e. The minimum absolute atomic E-state index is 0.135. The van der Waals surface area contributed by atoms with Crippen LogP contribution in [0.1, 0.15) is 19.0 Å². The molecule has 0 bridgehead atoms. The molecule has 2 heterocycles. The van der Waals surface area contributed by atoms with Crippen molar-refractivity contribution in [2.24, 2.45) is 0 Å². The lowest BCUT2D eigenvalue weighted by Gasteiger charge is -2.04. The molecule has 100 valence electrons. The van der Waals surface area contributed by atoms with E-state index in [9.17, 15) is 4.79 Å². The SMILES string of the molecule is CCCc1cc(=O)[nH]c(Sc2ccnc(NC)n2)n1. The molecule has 0 unspecified atom stereocenters. The monoisotopic (exact) mass is 277 g/mol. The van der Waals surface area contributed by atoms with E-state index in [1.54, 1.807) is 19.3 Å².